The molecule has 32 heavy (non-hydrogen) atoms. The molecule has 1 atom stereocenters. The average molecular weight is 433 g/mol. The van der Waals surface area contributed by atoms with Crippen LogP contribution in [0.4, 0.5) is 8.78 Å². The number of rotatable bonds is 9. The van der Waals surface area contributed by atoms with Gasteiger partial charge in [0, 0.05) is 25.0 Å². The lowest BCUT2D eigenvalue weighted by molar-refractivity contribution is -0.116. The summed E-state index contributed by atoms with van der Waals surface area (Å²) >= 11 is 0. The Morgan fingerprint density at radius 2 is 1.62 bits per heavy atom. The third kappa shape index (κ3) is 6.98. The van der Waals surface area contributed by atoms with Crippen LogP contribution in [0.2, 0.25) is 0 Å². The maximum atomic E-state index is 13.3. The van der Waals surface area contributed by atoms with Gasteiger partial charge < -0.3 is 5.32 Å². The number of carbonyl (C=O) groups is 1. The number of aromatic nitrogens is 1. The van der Waals surface area contributed by atoms with Gasteiger partial charge >= 0.3 is 0 Å². The summed E-state index contributed by atoms with van der Waals surface area (Å²) in [6.45, 7) is 2.73. The molecule has 2 aromatic carbocycles. The van der Waals surface area contributed by atoms with E-state index in [1.54, 1.807) is 42.6 Å². The SMILES string of the molecule is CC(CCCNC(=O)/C=C/C=C(c1ccc(F)cc1)c1ccc(F)cc1)c1cccnc1. The van der Waals surface area contributed by atoms with Crippen LogP contribution in [0.1, 0.15) is 42.4 Å². The van der Waals surface area contributed by atoms with Gasteiger partial charge in [0.25, 0.3) is 0 Å². The highest BCUT2D eigenvalue weighted by Gasteiger charge is 2.07. The third-order valence-corrected chi connectivity index (χ3v) is 5.19. The lowest BCUT2D eigenvalue weighted by atomic mass is 9.97. The molecule has 3 aromatic rings. The minimum atomic E-state index is -0.333. The Bertz CT molecular complexity index is 1010. The molecule has 0 radical (unpaired) electrons. The van der Waals surface area contributed by atoms with Crippen LogP contribution in [0.5, 0.6) is 0 Å². The van der Waals surface area contributed by atoms with Gasteiger partial charge in [0.15, 0.2) is 0 Å². The molecule has 5 heteroatoms. The van der Waals surface area contributed by atoms with Gasteiger partial charge in [0.1, 0.15) is 11.6 Å². The normalized spacial score (nSPS) is 11.8. The summed E-state index contributed by atoms with van der Waals surface area (Å²) in [7, 11) is 0. The molecule has 0 saturated carbocycles. The molecule has 1 heterocycles. The fourth-order valence-corrected chi connectivity index (χ4v) is 3.36. The molecular weight excluding hydrogens is 406 g/mol. The van der Waals surface area contributed by atoms with Gasteiger partial charge in [-0.05, 0) is 71.4 Å². The maximum absolute atomic E-state index is 13.3. The van der Waals surface area contributed by atoms with E-state index < -0.39 is 0 Å². The number of halogens is 2. The number of nitrogens with one attached hydrogen (secondary N) is 1. The van der Waals surface area contributed by atoms with Crippen molar-refractivity contribution in [3.05, 3.63) is 120 Å². The Labute approximate surface area is 187 Å². The van der Waals surface area contributed by atoms with Crippen molar-refractivity contribution in [3.8, 4) is 0 Å². The molecule has 3 rings (SSSR count). The van der Waals surface area contributed by atoms with E-state index in [2.05, 4.69) is 23.3 Å². The van der Waals surface area contributed by atoms with Crippen LogP contribution < -0.4 is 5.32 Å². The first-order valence-corrected chi connectivity index (χ1v) is 10.6. The van der Waals surface area contributed by atoms with E-state index in [-0.39, 0.29) is 17.5 Å². The fraction of sp³-hybridized carbons (Fsp3) is 0.185. The van der Waals surface area contributed by atoms with Crippen LogP contribution in [-0.2, 0) is 4.79 Å². The predicted molar refractivity (Wildman–Crippen MR) is 124 cm³/mol. The number of pyridine rings is 1. The fourth-order valence-electron chi connectivity index (χ4n) is 3.36. The minimum absolute atomic E-state index is 0.187. The second-order valence-electron chi connectivity index (χ2n) is 7.57. The summed E-state index contributed by atoms with van der Waals surface area (Å²) < 4.78 is 26.6. The molecule has 1 unspecified atom stereocenters. The van der Waals surface area contributed by atoms with Gasteiger partial charge in [0.2, 0.25) is 5.91 Å². The molecule has 1 aromatic heterocycles. The highest BCUT2D eigenvalue weighted by Crippen LogP contribution is 2.24. The van der Waals surface area contributed by atoms with Crippen molar-refractivity contribution in [2.75, 3.05) is 6.54 Å². The van der Waals surface area contributed by atoms with Gasteiger partial charge in [-0.3, -0.25) is 9.78 Å². The number of hydrogen-bond donors (Lipinski definition) is 1. The number of nitrogens with zero attached hydrogens (tertiary/aromatic N) is 1. The standard InChI is InChI=1S/C27H26F2N2O/c1-20(23-6-4-17-30-19-23)5-3-18-31-27(32)8-2-7-26(21-9-13-24(28)14-10-21)22-11-15-25(29)16-12-22/h2,4,6-17,19-20H,3,5,18H2,1H3,(H,31,32)/b8-2+. The number of hydrogen-bond acceptors (Lipinski definition) is 2. The summed E-state index contributed by atoms with van der Waals surface area (Å²) in [5.41, 5.74) is 3.50. The molecule has 0 fully saturated rings. The number of amides is 1. The van der Waals surface area contributed by atoms with E-state index in [0.29, 0.717) is 12.5 Å². The summed E-state index contributed by atoms with van der Waals surface area (Å²) in [4.78, 5) is 16.3. The van der Waals surface area contributed by atoms with Crippen LogP contribution in [0.3, 0.4) is 0 Å². The Hall–Kier alpha value is -3.60. The van der Waals surface area contributed by atoms with Crippen molar-refractivity contribution >= 4 is 11.5 Å². The zero-order valence-electron chi connectivity index (χ0n) is 18.0. The average Bonchev–Trinajstić information content (AvgIpc) is 2.81. The first-order chi connectivity index (χ1) is 15.5. The lowest BCUT2D eigenvalue weighted by Crippen LogP contribution is -2.22. The third-order valence-electron chi connectivity index (χ3n) is 5.19. The van der Waals surface area contributed by atoms with Gasteiger partial charge in [0.05, 0.1) is 0 Å². The smallest absolute Gasteiger partial charge is 0.243 e. The van der Waals surface area contributed by atoms with E-state index in [1.165, 1.54) is 35.9 Å². The molecular formula is C27H26F2N2O. The Morgan fingerprint density at radius 3 is 2.19 bits per heavy atom. The van der Waals surface area contributed by atoms with Crippen LogP contribution in [0.25, 0.3) is 5.57 Å². The molecule has 0 saturated heterocycles. The van der Waals surface area contributed by atoms with Crippen molar-refractivity contribution in [3.63, 3.8) is 0 Å². The molecule has 0 aliphatic heterocycles. The van der Waals surface area contributed by atoms with Crippen molar-refractivity contribution < 1.29 is 13.6 Å². The molecule has 1 amide bonds. The topological polar surface area (TPSA) is 42.0 Å². The quantitative estimate of drug-likeness (QED) is 0.254. The van der Waals surface area contributed by atoms with Gasteiger partial charge in [-0.25, -0.2) is 8.78 Å². The molecule has 0 aliphatic carbocycles. The van der Waals surface area contributed by atoms with Crippen molar-refractivity contribution in [1.29, 1.82) is 0 Å². The van der Waals surface area contributed by atoms with Crippen LogP contribution in [0.15, 0.2) is 91.3 Å². The Kier molecular flexibility index (Phi) is 8.44. The maximum Gasteiger partial charge on any atom is 0.243 e. The van der Waals surface area contributed by atoms with Crippen molar-refractivity contribution in [2.45, 2.75) is 25.7 Å². The first kappa shape index (κ1) is 23.1. The monoisotopic (exact) mass is 432 g/mol. The highest BCUT2D eigenvalue weighted by molar-refractivity contribution is 5.89. The Balaban J connectivity index is 1.58. The van der Waals surface area contributed by atoms with Crippen LogP contribution in [0, 0.1) is 11.6 Å². The van der Waals surface area contributed by atoms with E-state index in [4.69, 9.17) is 0 Å². The number of allylic oxidation sites excluding steroid dienone is 2. The molecule has 0 aliphatic rings. The van der Waals surface area contributed by atoms with E-state index in [0.717, 1.165) is 29.5 Å². The zero-order valence-corrected chi connectivity index (χ0v) is 18.0. The molecule has 164 valence electrons. The summed E-state index contributed by atoms with van der Waals surface area (Å²) in [5, 5.41) is 2.89. The summed E-state index contributed by atoms with van der Waals surface area (Å²) in [6.07, 6.45) is 10.3. The van der Waals surface area contributed by atoms with Gasteiger partial charge in [-0.15, -0.1) is 0 Å². The van der Waals surface area contributed by atoms with Crippen LogP contribution >= 0.6 is 0 Å². The first-order valence-electron chi connectivity index (χ1n) is 10.6. The molecule has 1 N–H and O–H groups in total. The highest BCUT2D eigenvalue weighted by atomic mass is 19.1. The summed E-state index contributed by atoms with van der Waals surface area (Å²) in [6, 6.07) is 16.1. The van der Waals surface area contributed by atoms with E-state index >= 15 is 0 Å². The lowest BCUT2D eigenvalue weighted by Gasteiger charge is -2.11. The summed E-state index contributed by atoms with van der Waals surface area (Å²) in [5.74, 6) is -0.471. The van der Waals surface area contributed by atoms with Gasteiger partial charge in [-0.2, -0.15) is 0 Å². The number of carbonyl (C=O) groups excluding carboxylic acids is 1. The predicted octanol–water partition coefficient (Wildman–Crippen LogP) is 6.05. The second kappa shape index (κ2) is 11.7. The molecule has 0 spiro atoms. The second-order valence-corrected chi connectivity index (χ2v) is 7.57. The molecule has 3 nitrogen and oxygen atoms in total. The van der Waals surface area contributed by atoms with Crippen LogP contribution in [-0.4, -0.2) is 17.4 Å². The van der Waals surface area contributed by atoms with Crippen molar-refractivity contribution in [1.82, 2.24) is 10.3 Å². The minimum Gasteiger partial charge on any atom is -0.353 e. The zero-order chi connectivity index (χ0) is 22.8. The Morgan fingerprint density at radius 1 is 1.00 bits per heavy atom. The number of benzene rings is 2. The largest absolute Gasteiger partial charge is 0.353 e. The van der Waals surface area contributed by atoms with Gasteiger partial charge in [-0.1, -0.05) is 49.4 Å². The van der Waals surface area contributed by atoms with E-state index in [1.807, 2.05) is 12.3 Å². The molecule has 0 bridgehead atoms. The van der Waals surface area contributed by atoms with Crippen molar-refractivity contribution in [2.24, 2.45) is 0 Å². The van der Waals surface area contributed by atoms with E-state index in [9.17, 15) is 13.6 Å².